The summed E-state index contributed by atoms with van der Waals surface area (Å²) in [6, 6.07) is 4.14. The predicted molar refractivity (Wildman–Crippen MR) is 168 cm³/mol. The molecular weight excluding hydrogens is 654 g/mol. The lowest BCUT2D eigenvalue weighted by Gasteiger charge is -2.36. The number of carbonyl (C=O) groups excluding carboxylic acids is 2. The zero-order chi connectivity index (χ0) is 35.0. The molecule has 2 fully saturated rings. The molecule has 2 N–H and O–H groups in total. The normalized spacial score (nSPS) is 15.6. The molecule has 2 aliphatic heterocycles. The number of morpholine rings is 1. The van der Waals surface area contributed by atoms with Crippen LogP contribution in [0.3, 0.4) is 0 Å². The fourth-order valence-electron chi connectivity index (χ4n) is 6.03. The second-order valence-electron chi connectivity index (χ2n) is 11.6. The molecule has 49 heavy (non-hydrogen) atoms. The van der Waals surface area contributed by atoms with E-state index in [2.05, 4.69) is 20.4 Å². The van der Waals surface area contributed by atoms with Crippen molar-refractivity contribution in [3.05, 3.63) is 69.1 Å². The molecule has 0 radical (unpaired) electrons. The Morgan fingerprint density at radius 2 is 1.78 bits per heavy atom. The monoisotopic (exact) mass is 687 g/mol. The van der Waals surface area contributed by atoms with Crippen LogP contribution in [-0.4, -0.2) is 98.5 Å². The number of amides is 2. The molecule has 2 saturated heterocycles. The highest BCUT2D eigenvalue weighted by atomic mass is 19.4. The smallest absolute Gasteiger partial charge is 0.419 e. The molecule has 0 bridgehead atoms. The number of aryl methyl sites for hydroxylation is 1. The van der Waals surface area contributed by atoms with Gasteiger partial charge in [-0.3, -0.25) is 14.4 Å². The first kappa shape index (κ1) is 33.6. The summed E-state index contributed by atoms with van der Waals surface area (Å²) >= 11 is 0. The molecule has 2 aliphatic rings. The Bertz CT molecular complexity index is 1970. The van der Waals surface area contributed by atoms with Crippen LogP contribution >= 0.6 is 0 Å². The van der Waals surface area contributed by atoms with Gasteiger partial charge in [0.1, 0.15) is 23.8 Å². The number of benzene rings is 1. The van der Waals surface area contributed by atoms with Crippen molar-refractivity contribution in [3.63, 3.8) is 0 Å². The molecule has 3 aromatic heterocycles. The van der Waals surface area contributed by atoms with E-state index in [0.717, 1.165) is 4.52 Å². The quantitative estimate of drug-likeness (QED) is 0.278. The van der Waals surface area contributed by atoms with Crippen LogP contribution in [0.4, 0.5) is 34.9 Å². The van der Waals surface area contributed by atoms with Crippen molar-refractivity contribution in [1.29, 1.82) is 0 Å². The summed E-state index contributed by atoms with van der Waals surface area (Å²) in [5.41, 5.74) is -1.47. The SMILES string of the molecule is CCc1c(N2CCN(C(=O)c3ncccc3O)CC2)c(=O)n2nc(N3CCOCC3)nc2n1CC(=O)Nc1cc(F)c(C(F)(F)F)cc1C. The first-order valence-corrected chi connectivity index (χ1v) is 15.6. The van der Waals surface area contributed by atoms with Crippen molar-refractivity contribution in [2.24, 2.45) is 0 Å². The van der Waals surface area contributed by atoms with Crippen molar-refractivity contribution in [2.75, 3.05) is 67.6 Å². The fourth-order valence-corrected chi connectivity index (χ4v) is 6.03. The average Bonchev–Trinajstić information content (AvgIpc) is 3.53. The van der Waals surface area contributed by atoms with E-state index in [1.807, 2.05) is 4.90 Å². The third-order valence-electron chi connectivity index (χ3n) is 8.51. The molecule has 260 valence electrons. The lowest BCUT2D eigenvalue weighted by molar-refractivity contribution is -0.140. The maximum Gasteiger partial charge on any atom is 0.419 e. The summed E-state index contributed by atoms with van der Waals surface area (Å²) in [4.78, 5) is 54.4. The number of pyridine rings is 1. The molecule has 18 heteroatoms. The summed E-state index contributed by atoms with van der Waals surface area (Å²) in [7, 11) is 0. The van der Waals surface area contributed by atoms with E-state index in [4.69, 9.17) is 4.74 Å². The third kappa shape index (κ3) is 6.59. The van der Waals surface area contributed by atoms with Gasteiger partial charge in [-0.05, 0) is 43.2 Å². The second-order valence-corrected chi connectivity index (χ2v) is 11.6. The number of alkyl halides is 3. The van der Waals surface area contributed by atoms with E-state index in [1.54, 1.807) is 11.8 Å². The number of aromatic nitrogens is 5. The first-order chi connectivity index (χ1) is 23.4. The summed E-state index contributed by atoms with van der Waals surface area (Å²) < 4.78 is 62.2. The van der Waals surface area contributed by atoms with Crippen LogP contribution in [0.5, 0.6) is 5.75 Å². The van der Waals surface area contributed by atoms with Gasteiger partial charge in [0.2, 0.25) is 17.6 Å². The highest BCUT2D eigenvalue weighted by molar-refractivity contribution is 5.95. The maximum atomic E-state index is 14.4. The van der Waals surface area contributed by atoms with E-state index < -0.39 is 41.5 Å². The molecule has 1 aromatic carbocycles. The maximum absolute atomic E-state index is 14.4. The standard InChI is InChI=1S/C31H33F4N9O5/c1-3-22-26(40-7-9-41(10-8-40)27(47)25-23(45)5-4-6-36-25)28(48)44-30(38-29(39-44)42-11-13-49-14-12-42)43(22)17-24(46)37-21-16-20(32)19(15-18(21)2)31(33,34)35/h4-6,15-16,45H,3,7-14,17H2,1-2H3,(H,37,46). The van der Waals surface area contributed by atoms with E-state index in [9.17, 15) is 37.1 Å². The molecule has 4 aromatic rings. The van der Waals surface area contributed by atoms with Crippen LogP contribution in [0.1, 0.15) is 34.2 Å². The van der Waals surface area contributed by atoms with Crippen molar-refractivity contribution < 1.29 is 37.0 Å². The fraction of sp³-hybridized carbons (Fsp3) is 0.419. The van der Waals surface area contributed by atoms with Crippen molar-refractivity contribution in [1.82, 2.24) is 29.0 Å². The number of hydrogen-bond acceptors (Lipinski definition) is 10. The number of nitrogens with zero attached hydrogens (tertiary/aromatic N) is 8. The van der Waals surface area contributed by atoms with Gasteiger partial charge in [-0.15, -0.1) is 5.10 Å². The summed E-state index contributed by atoms with van der Waals surface area (Å²) in [5.74, 6) is -2.61. The van der Waals surface area contributed by atoms with Crippen LogP contribution in [0, 0.1) is 12.7 Å². The predicted octanol–water partition coefficient (Wildman–Crippen LogP) is 2.46. The molecule has 5 heterocycles. The van der Waals surface area contributed by atoms with Crippen molar-refractivity contribution in [2.45, 2.75) is 33.0 Å². The van der Waals surface area contributed by atoms with Gasteiger partial charge in [-0.1, -0.05) is 6.92 Å². The van der Waals surface area contributed by atoms with E-state index in [-0.39, 0.29) is 72.7 Å². The number of anilines is 3. The van der Waals surface area contributed by atoms with Crippen LogP contribution in [-0.2, 0) is 28.7 Å². The molecule has 0 unspecified atom stereocenters. The number of aromatic hydroxyl groups is 1. The molecule has 14 nitrogen and oxygen atoms in total. The summed E-state index contributed by atoms with van der Waals surface area (Å²) in [5, 5.41) is 17.1. The minimum absolute atomic E-state index is 0.00653. The Morgan fingerprint density at radius 1 is 1.06 bits per heavy atom. The Labute approximate surface area is 276 Å². The van der Waals surface area contributed by atoms with Gasteiger partial charge in [-0.25, -0.2) is 9.37 Å². The van der Waals surface area contributed by atoms with Gasteiger partial charge in [-0.2, -0.15) is 22.7 Å². The van der Waals surface area contributed by atoms with Gasteiger partial charge >= 0.3 is 6.18 Å². The number of fused-ring (bicyclic) bond motifs is 1. The number of rotatable bonds is 7. The second kappa shape index (κ2) is 13.3. The Kier molecular flexibility index (Phi) is 9.15. The zero-order valence-electron chi connectivity index (χ0n) is 26.6. The van der Waals surface area contributed by atoms with Gasteiger partial charge in [0, 0.05) is 51.2 Å². The number of carbonyl (C=O) groups is 2. The number of nitrogens with one attached hydrogen (secondary N) is 1. The Hall–Kier alpha value is -5.26. The minimum Gasteiger partial charge on any atom is -0.505 e. The first-order valence-electron chi connectivity index (χ1n) is 15.6. The third-order valence-corrected chi connectivity index (χ3v) is 8.51. The highest BCUT2D eigenvalue weighted by Gasteiger charge is 2.35. The van der Waals surface area contributed by atoms with E-state index in [1.165, 1.54) is 34.7 Å². The Morgan fingerprint density at radius 3 is 2.43 bits per heavy atom. The van der Waals surface area contributed by atoms with Crippen LogP contribution in [0.15, 0.2) is 35.3 Å². The van der Waals surface area contributed by atoms with Gasteiger partial charge in [0.15, 0.2) is 5.69 Å². The number of piperazine rings is 1. The van der Waals surface area contributed by atoms with Crippen LogP contribution in [0.25, 0.3) is 5.78 Å². The van der Waals surface area contributed by atoms with Crippen molar-refractivity contribution >= 4 is 34.9 Å². The largest absolute Gasteiger partial charge is 0.505 e. The lowest BCUT2D eigenvalue weighted by Crippen LogP contribution is -2.51. The van der Waals surface area contributed by atoms with Gasteiger partial charge < -0.3 is 34.4 Å². The van der Waals surface area contributed by atoms with Crippen LogP contribution in [0.2, 0.25) is 0 Å². The summed E-state index contributed by atoms with van der Waals surface area (Å²) in [6.45, 7) is 5.34. The molecule has 2 amide bonds. The molecule has 0 atom stereocenters. The lowest BCUT2D eigenvalue weighted by atomic mass is 10.1. The number of ether oxygens (including phenoxy) is 1. The molecule has 6 rings (SSSR count). The zero-order valence-corrected chi connectivity index (χ0v) is 26.6. The van der Waals surface area contributed by atoms with Gasteiger partial charge in [0.25, 0.3) is 11.5 Å². The molecule has 0 spiro atoms. The minimum atomic E-state index is -4.91. The van der Waals surface area contributed by atoms with E-state index >= 15 is 0 Å². The molecular formula is C31H33F4N9O5. The summed E-state index contributed by atoms with van der Waals surface area (Å²) in [6.07, 6.45) is -3.23. The Balaban J connectivity index is 1.35. The molecule has 0 aliphatic carbocycles. The van der Waals surface area contributed by atoms with E-state index in [0.29, 0.717) is 44.1 Å². The highest BCUT2D eigenvalue weighted by Crippen LogP contribution is 2.34. The van der Waals surface area contributed by atoms with Gasteiger partial charge in [0.05, 0.1) is 24.5 Å². The van der Waals surface area contributed by atoms with Crippen molar-refractivity contribution in [3.8, 4) is 5.75 Å². The topological polar surface area (TPSA) is 150 Å². The average molecular weight is 688 g/mol. The number of hydrogen-bond donors (Lipinski definition) is 2. The van der Waals surface area contributed by atoms with Crippen LogP contribution < -0.4 is 20.7 Å². The number of halogens is 4. The molecule has 0 saturated carbocycles.